The van der Waals surface area contributed by atoms with E-state index in [1.54, 1.807) is 10.9 Å². The molecular weight excluding hydrogens is 568 g/mol. The zero-order chi connectivity index (χ0) is 31.3. The second kappa shape index (κ2) is 13.5. The lowest BCUT2D eigenvalue weighted by Gasteiger charge is -2.31. The van der Waals surface area contributed by atoms with Crippen molar-refractivity contribution >= 4 is 12.1 Å². The van der Waals surface area contributed by atoms with E-state index in [0.29, 0.717) is 44.3 Å². The lowest BCUT2D eigenvalue weighted by molar-refractivity contribution is -0.143. The van der Waals surface area contributed by atoms with Crippen molar-refractivity contribution < 1.29 is 24.2 Å². The van der Waals surface area contributed by atoms with Crippen LogP contribution >= 0.6 is 0 Å². The second-order valence-electron chi connectivity index (χ2n) is 11.8. The van der Waals surface area contributed by atoms with Crippen LogP contribution in [-0.4, -0.2) is 56.5 Å². The summed E-state index contributed by atoms with van der Waals surface area (Å²) in [5, 5.41) is 13.8. The van der Waals surface area contributed by atoms with Gasteiger partial charge in [-0.2, -0.15) is 5.10 Å². The SMILES string of the molecule is CCOC(=O)CCc1cnn(-c2cccc(-c3cccc4c3C(Oc3ccc(C5CCN(C(=O)O)CC5)c(CC)c3)CC4)n2)c1. The summed E-state index contributed by atoms with van der Waals surface area (Å²) >= 11 is 0. The van der Waals surface area contributed by atoms with Gasteiger partial charge in [-0.05, 0) is 97.9 Å². The Hall–Kier alpha value is -4.66. The van der Waals surface area contributed by atoms with Gasteiger partial charge in [0.25, 0.3) is 0 Å². The van der Waals surface area contributed by atoms with Crippen LogP contribution in [0.5, 0.6) is 5.75 Å². The summed E-state index contributed by atoms with van der Waals surface area (Å²) < 4.78 is 13.5. The molecule has 4 aromatic rings. The molecule has 1 amide bonds. The number of benzene rings is 2. The largest absolute Gasteiger partial charge is 0.486 e. The molecule has 45 heavy (non-hydrogen) atoms. The van der Waals surface area contributed by atoms with Crippen LogP contribution in [0.1, 0.15) is 79.4 Å². The summed E-state index contributed by atoms with van der Waals surface area (Å²) in [5.41, 5.74) is 7.91. The van der Waals surface area contributed by atoms with Gasteiger partial charge in [0.2, 0.25) is 0 Å². The molecule has 1 atom stereocenters. The molecule has 9 heteroatoms. The fourth-order valence-electron chi connectivity index (χ4n) is 6.68. The average Bonchev–Trinajstić information content (AvgIpc) is 3.71. The van der Waals surface area contributed by atoms with Gasteiger partial charge >= 0.3 is 12.1 Å². The third kappa shape index (κ3) is 6.72. The molecule has 1 unspecified atom stereocenters. The second-order valence-corrected chi connectivity index (χ2v) is 11.8. The van der Waals surface area contributed by atoms with Crippen molar-refractivity contribution in [1.29, 1.82) is 0 Å². The first-order valence-corrected chi connectivity index (χ1v) is 16.0. The molecule has 6 rings (SSSR count). The average molecular weight is 609 g/mol. The number of pyridine rings is 1. The Kier molecular flexibility index (Phi) is 9.14. The molecule has 1 aliphatic heterocycles. The Morgan fingerprint density at radius 2 is 1.84 bits per heavy atom. The number of amides is 1. The minimum absolute atomic E-state index is 0.0878. The smallest absolute Gasteiger partial charge is 0.407 e. The van der Waals surface area contributed by atoms with Crippen LogP contribution in [0, 0.1) is 0 Å². The number of hydrogen-bond acceptors (Lipinski definition) is 6. The first kappa shape index (κ1) is 30.4. The van der Waals surface area contributed by atoms with E-state index >= 15 is 0 Å². The fraction of sp³-hybridized carbons (Fsp3) is 0.389. The molecule has 0 radical (unpaired) electrons. The first-order chi connectivity index (χ1) is 21.9. The summed E-state index contributed by atoms with van der Waals surface area (Å²) in [5.74, 6) is 1.73. The fourth-order valence-corrected chi connectivity index (χ4v) is 6.68. The van der Waals surface area contributed by atoms with Crippen LogP contribution in [-0.2, 0) is 28.8 Å². The van der Waals surface area contributed by atoms with E-state index in [9.17, 15) is 14.7 Å². The molecule has 1 N–H and O–H groups in total. The molecule has 2 aromatic carbocycles. The van der Waals surface area contributed by atoms with E-state index < -0.39 is 6.09 Å². The van der Waals surface area contributed by atoms with E-state index in [2.05, 4.69) is 48.4 Å². The van der Waals surface area contributed by atoms with Crippen molar-refractivity contribution in [1.82, 2.24) is 19.7 Å². The molecule has 3 heterocycles. The number of rotatable bonds is 10. The van der Waals surface area contributed by atoms with Crippen molar-refractivity contribution in [2.45, 2.75) is 70.8 Å². The molecule has 0 bridgehead atoms. The first-order valence-electron chi connectivity index (χ1n) is 16.0. The zero-order valence-corrected chi connectivity index (χ0v) is 25.9. The summed E-state index contributed by atoms with van der Waals surface area (Å²) in [6.07, 6.45) is 8.07. The molecule has 2 aliphatic rings. The number of likely N-dealkylation sites (tertiary alicyclic amines) is 1. The molecule has 1 fully saturated rings. The van der Waals surface area contributed by atoms with Crippen molar-refractivity contribution in [3.63, 3.8) is 0 Å². The van der Waals surface area contributed by atoms with E-state index in [1.807, 2.05) is 31.3 Å². The summed E-state index contributed by atoms with van der Waals surface area (Å²) in [4.78, 5) is 29.6. The molecule has 1 saturated heterocycles. The number of carbonyl (C=O) groups is 2. The van der Waals surface area contributed by atoms with Crippen LogP contribution in [0.3, 0.4) is 0 Å². The summed E-state index contributed by atoms with van der Waals surface area (Å²) in [7, 11) is 0. The summed E-state index contributed by atoms with van der Waals surface area (Å²) in [6, 6.07) is 18.8. The van der Waals surface area contributed by atoms with Gasteiger partial charge in [0, 0.05) is 36.8 Å². The number of carbonyl (C=O) groups excluding carboxylic acids is 1. The molecular formula is C36H40N4O5. The summed E-state index contributed by atoms with van der Waals surface area (Å²) in [6.45, 7) is 5.51. The number of piperidine rings is 1. The highest BCUT2D eigenvalue weighted by atomic mass is 16.5. The number of nitrogens with zero attached hydrogens (tertiary/aromatic N) is 4. The number of fused-ring (bicyclic) bond motifs is 1. The Morgan fingerprint density at radius 3 is 2.62 bits per heavy atom. The molecule has 2 aromatic heterocycles. The van der Waals surface area contributed by atoms with E-state index in [0.717, 1.165) is 54.7 Å². The van der Waals surface area contributed by atoms with Crippen LogP contribution in [0.2, 0.25) is 0 Å². The number of carboxylic acid groups (broad SMARTS) is 1. The van der Waals surface area contributed by atoms with Gasteiger partial charge in [-0.25, -0.2) is 14.5 Å². The molecule has 0 saturated carbocycles. The van der Waals surface area contributed by atoms with Crippen LogP contribution < -0.4 is 4.74 Å². The normalized spacial score (nSPS) is 16.4. The highest BCUT2D eigenvalue weighted by molar-refractivity contribution is 5.70. The van der Waals surface area contributed by atoms with E-state index in [4.69, 9.17) is 14.5 Å². The van der Waals surface area contributed by atoms with Gasteiger partial charge in [-0.3, -0.25) is 4.79 Å². The van der Waals surface area contributed by atoms with E-state index in [1.165, 1.54) is 27.2 Å². The Balaban J connectivity index is 1.20. The predicted octanol–water partition coefficient (Wildman–Crippen LogP) is 6.92. The van der Waals surface area contributed by atoms with Crippen LogP contribution in [0.15, 0.2) is 67.0 Å². The Morgan fingerprint density at radius 1 is 1.02 bits per heavy atom. The van der Waals surface area contributed by atoms with Gasteiger partial charge in [0.05, 0.1) is 18.5 Å². The van der Waals surface area contributed by atoms with Crippen molar-refractivity contribution in [2.24, 2.45) is 0 Å². The molecule has 1 aliphatic carbocycles. The minimum Gasteiger partial charge on any atom is -0.486 e. The maximum absolute atomic E-state index is 11.8. The van der Waals surface area contributed by atoms with Crippen molar-refractivity contribution in [2.75, 3.05) is 19.7 Å². The van der Waals surface area contributed by atoms with Gasteiger partial charge in [-0.1, -0.05) is 37.3 Å². The Labute approximate surface area is 263 Å². The van der Waals surface area contributed by atoms with Crippen molar-refractivity contribution in [3.05, 3.63) is 94.8 Å². The predicted molar refractivity (Wildman–Crippen MR) is 171 cm³/mol. The van der Waals surface area contributed by atoms with Crippen molar-refractivity contribution in [3.8, 4) is 22.8 Å². The van der Waals surface area contributed by atoms with Gasteiger partial charge in [0.1, 0.15) is 11.9 Å². The monoisotopic (exact) mass is 608 g/mol. The highest BCUT2D eigenvalue weighted by Crippen LogP contribution is 2.42. The van der Waals surface area contributed by atoms with Crippen LogP contribution in [0.25, 0.3) is 17.1 Å². The van der Waals surface area contributed by atoms with Gasteiger partial charge in [0.15, 0.2) is 5.82 Å². The topological polar surface area (TPSA) is 107 Å². The van der Waals surface area contributed by atoms with Gasteiger partial charge < -0.3 is 19.5 Å². The minimum atomic E-state index is -0.829. The number of esters is 1. The standard InChI is InChI=1S/C36H40N4O5/c1-3-25-21-28(13-14-29(25)26-17-19-39(20-18-26)36(42)43)45-32-15-12-27-7-5-8-30(35(27)32)31-9-6-10-33(38-31)40-23-24(22-37-40)11-16-34(41)44-4-2/h5-10,13-14,21-23,26,32H,3-4,11-12,15-20H2,1-2H3,(H,42,43). The molecule has 234 valence electrons. The quantitative estimate of drug-likeness (QED) is 0.195. The number of aromatic nitrogens is 3. The number of ether oxygens (including phenoxy) is 2. The maximum atomic E-state index is 11.8. The third-order valence-corrected chi connectivity index (χ3v) is 8.98. The van der Waals surface area contributed by atoms with Gasteiger partial charge in [-0.15, -0.1) is 0 Å². The molecule has 0 spiro atoms. The van der Waals surface area contributed by atoms with E-state index in [-0.39, 0.29) is 12.1 Å². The van der Waals surface area contributed by atoms with Crippen LogP contribution in [0.4, 0.5) is 4.79 Å². The Bertz CT molecular complexity index is 1670. The maximum Gasteiger partial charge on any atom is 0.407 e. The number of hydrogen-bond donors (Lipinski definition) is 1. The zero-order valence-electron chi connectivity index (χ0n) is 25.9. The lowest BCUT2D eigenvalue weighted by Crippen LogP contribution is -2.36. The lowest BCUT2D eigenvalue weighted by atomic mass is 9.86. The third-order valence-electron chi connectivity index (χ3n) is 8.98. The number of aryl methyl sites for hydroxylation is 3. The molecule has 9 nitrogen and oxygen atoms in total. The highest BCUT2D eigenvalue weighted by Gasteiger charge is 2.29.